The molecule has 1 atom stereocenters. The lowest BCUT2D eigenvalue weighted by Crippen LogP contribution is -2.26. The monoisotopic (exact) mass is 211 g/mol. The van der Waals surface area contributed by atoms with Gasteiger partial charge in [0.05, 0.1) is 0 Å². The normalized spacial score (nSPS) is 14.0. The molecular formula is C12H18FNO. The van der Waals surface area contributed by atoms with Crippen LogP contribution < -0.4 is 5.73 Å². The lowest BCUT2D eigenvalue weighted by molar-refractivity contribution is 0.313. The van der Waals surface area contributed by atoms with Crippen LogP contribution in [0.2, 0.25) is 0 Å². The van der Waals surface area contributed by atoms with E-state index in [4.69, 9.17) is 5.73 Å². The number of rotatable bonds is 1. The number of benzene rings is 1. The molecule has 0 radical (unpaired) electrons. The Hall–Kier alpha value is -1.09. The van der Waals surface area contributed by atoms with Crippen LogP contribution >= 0.6 is 0 Å². The Morgan fingerprint density at radius 1 is 1.33 bits per heavy atom. The lowest BCUT2D eigenvalue weighted by Gasteiger charge is -2.28. The fourth-order valence-electron chi connectivity index (χ4n) is 1.40. The number of halogens is 1. The van der Waals surface area contributed by atoms with E-state index in [1.165, 1.54) is 0 Å². The topological polar surface area (TPSA) is 46.2 Å². The highest BCUT2D eigenvalue weighted by Crippen LogP contribution is 2.36. The number of nitrogens with two attached hydrogens (primary N) is 1. The maximum Gasteiger partial charge on any atom is 0.168 e. The molecule has 0 fully saturated rings. The molecule has 0 amide bonds. The Balaban J connectivity index is 3.23. The molecule has 0 heterocycles. The third-order valence-corrected chi connectivity index (χ3v) is 2.61. The molecule has 15 heavy (non-hydrogen) atoms. The van der Waals surface area contributed by atoms with Gasteiger partial charge >= 0.3 is 0 Å². The summed E-state index contributed by atoms with van der Waals surface area (Å²) in [7, 11) is 0. The number of aryl methyl sites for hydroxylation is 1. The van der Waals surface area contributed by atoms with Gasteiger partial charge < -0.3 is 10.8 Å². The molecule has 0 aromatic heterocycles. The molecule has 3 heteroatoms. The number of hydrogen-bond acceptors (Lipinski definition) is 2. The van der Waals surface area contributed by atoms with Crippen LogP contribution in [0, 0.1) is 18.2 Å². The summed E-state index contributed by atoms with van der Waals surface area (Å²) >= 11 is 0. The zero-order chi connectivity index (χ0) is 11.8. The predicted octanol–water partition coefficient (Wildman–Crippen LogP) is 2.89. The largest absolute Gasteiger partial charge is 0.505 e. The van der Waals surface area contributed by atoms with E-state index in [2.05, 4.69) is 0 Å². The van der Waals surface area contributed by atoms with Gasteiger partial charge in [-0.05, 0) is 17.9 Å². The van der Waals surface area contributed by atoms with Crippen LogP contribution in [0.3, 0.4) is 0 Å². The predicted molar refractivity (Wildman–Crippen MR) is 59.2 cm³/mol. The molecule has 0 saturated heterocycles. The molecule has 0 spiro atoms. The van der Waals surface area contributed by atoms with E-state index in [9.17, 15) is 9.50 Å². The van der Waals surface area contributed by atoms with E-state index in [0.717, 1.165) is 0 Å². The zero-order valence-corrected chi connectivity index (χ0v) is 9.63. The fraction of sp³-hybridized carbons (Fsp3) is 0.500. The van der Waals surface area contributed by atoms with Crippen molar-refractivity contribution >= 4 is 0 Å². The average molecular weight is 211 g/mol. The summed E-state index contributed by atoms with van der Waals surface area (Å²) in [6.07, 6.45) is 0. The Bertz CT molecular complexity index is 369. The summed E-state index contributed by atoms with van der Waals surface area (Å²) in [6, 6.07) is 2.94. The van der Waals surface area contributed by atoms with Crippen molar-refractivity contribution in [1.82, 2.24) is 0 Å². The van der Waals surface area contributed by atoms with Crippen LogP contribution in [-0.4, -0.2) is 5.11 Å². The summed E-state index contributed by atoms with van der Waals surface area (Å²) in [5.74, 6) is -0.898. The van der Waals surface area contributed by atoms with Crippen molar-refractivity contribution in [3.63, 3.8) is 0 Å². The van der Waals surface area contributed by atoms with Crippen molar-refractivity contribution in [1.29, 1.82) is 0 Å². The van der Waals surface area contributed by atoms with Crippen molar-refractivity contribution < 1.29 is 9.50 Å². The molecule has 0 unspecified atom stereocenters. The van der Waals surface area contributed by atoms with E-state index < -0.39 is 5.82 Å². The lowest BCUT2D eigenvalue weighted by atomic mass is 9.82. The molecule has 1 aromatic carbocycles. The van der Waals surface area contributed by atoms with E-state index in [0.29, 0.717) is 11.1 Å². The van der Waals surface area contributed by atoms with Gasteiger partial charge in [-0.15, -0.1) is 0 Å². The molecular weight excluding hydrogens is 193 g/mol. The van der Waals surface area contributed by atoms with E-state index >= 15 is 0 Å². The molecule has 3 N–H and O–H groups in total. The van der Waals surface area contributed by atoms with E-state index in [1.807, 2.05) is 20.8 Å². The third kappa shape index (κ3) is 2.29. The highest BCUT2D eigenvalue weighted by molar-refractivity contribution is 5.40. The minimum Gasteiger partial charge on any atom is -0.505 e. The molecule has 0 aliphatic carbocycles. The van der Waals surface area contributed by atoms with Crippen LogP contribution in [0.25, 0.3) is 0 Å². The first-order chi connectivity index (χ1) is 6.75. The summed E-state index contributed by atoms with van der Waals surface area (Å²) in [6.45, 7) is 7.47. The maximum absolute atomic E-state index is 13.4. The van der Waals surface area contributed by atoms with Crippen molar-refractivity contribution in [3.8, 4) is 5.75 Å². The Labute approximate surface area is 89.9 Å². The number of hydrogen-bond donors (Lipinski definition) is 2. The second kappa shape index (κ2) is 3.81. The number of aromatic hydroxyl groups is 1. The zero-order valence-electron chi connectivity index (χ0n) is 9.63. The quantitative estimate of drug-likeness (QED) is 0.750. The van der Waals surface area contributed by atoms with Gasteiger partial charge in [0.1, 0.15) is 0 Å². The second-order valence-electron chi connectivity index (χ2n) is 4.98. The molecule has 0 aliphatic rings. The van der Waals surface area contributed by atoms with Crippen molar-refractivity contribution in [2.45, 2.75) is 33.7 Å². The highest BCUT2D eigenvalue weighted by Gasteiger charge is 2.26. The SMILES string of the molecule is Cc1ccc([C@@H](N)C(C)(C)C)c(O)c1F. The number of phenolic OH excluding ortho intramolecular Hbond substituents is 1. The first-order valence-electron chi connectivity index (χ1n) is 4.98. The van der Waals surface area contributed by atoms with Gasteiger partial charge in [-0.3, -0.25) is 0 Å². The van der Waals surface area contributed by atoms with Crippen LogP contribution in [0.1, 0.15) is 37.9 Å². The van der Waals surface area contributed by atoms with Crippen molar-refractivity contribution in [2.75, 3.05) is 0 Å². The van der Waals surface area contributed by atoms with Crippen LogP contribution in [0.15, 0.2) is 12.1 Å². The van der Waals surface area contributed by atoms with Crippen LogP contribution in [0.5, 0.6) is 5.75 Å². The molecule has 1 rings (SSSR count). The van der Waals surface area contributed by atoms with Gasteiger partial charge in [0.15, 0.2) is 11.6 Å². The summed E-state index contributed by atoms with van der Waals surface area (Å²) < 4.78 is 13.4. The molecule has 0 aliphatic heterocycles. The molecule has 0 saturated carbocycles. The minimum absolute atomic E-state index is 0.209. The van der Waals surface area contributed by atoms with Gasteiger partial charge in [0.2, 0.25) is 0 Å². The molecule has 0 bridgehead atoms. The molecule has 84 valence electrons. The first-order valence-corrected chi connectivity index (χ1v) is 4.98. The fourth-order valence-corrected chi connectivity index (χ4v) is 1.40. The van der Waals surface area contributed by atoms with Crippen LogP contribution in [0.4, 0.5) is 4.39 Å². The first kappa shape index (κ1) is 12.0. The smallest absolute Gasteiger partial charge is 0.168 e. The standard InChI is InChI=1S/C12H18FNO/c1-7-5-6-8(10(15)9(7)13)11(14)12(2,3)4/h5-6,11,15H,14H2,1-4H3/t11-/m1/s1. The Morgan fingerprint density at radius 3 is 2.33 bits per heavy atom. The molecule has 2 nitrogen and oxygen atoms in total. The Kier molecular flexibility index (Phi) is 3.05. The highest BCUT2D eigenvalue weighted by atomic mass is 19.1. The minimum atomic E-state index is -0.577. The molecule has 1 aromatic rings. The van der Waals surface area contributed by atoms with Crippen LogP contribution in [-0.2, 0) is 0 Å². The van der Waals surface area contributed by atoms with E-state index in [1.54, 1.807) is 19.1 Å². The maximum atomic E-state index is 13.4. The summed E-state index contributed by atoms with van der Waals surface area (Å²) in [4.78, 5) is 0. The van der Waals surface area contributed by atoms with Crippen molar-refractivity contribution in [2.24, 2.45) is 11.1 Å². The Morgan fingerprint density at radius 2 is 1.87 bits per heavy atom. The van der Waals surface area contributed by atoms with Crippen molar-refractivity contribution in [3.05, 3.63) is 29.1 Å². The second-order valence-corrected chi connectivity index (χ2v) is 4.98. The third-order valence-electron chi connectivity index (χ3n) is 2.61. The average Bonchev–Trinajstić information content (AvgIpc) is 2.12. The summed E-state index contributed by atoms with van der Waals surface area (Å²) in [5, 5.41) is 9.66. The van der Waals surface area contributed by atoms with Gasteiger partial charge in [-0.2, -0.15) is 0 Å². The van der Waals surface area contributed by atoms with Gasteiger partial charge in [-0.25, -0.2) is 4.39 Å². The van der Waals surface area contributed by atoms with Gasteiger partial charge in [-0.1, -0.05) is 32.9 Å². The summed E-state index contributed by atoms with van der Waals surface area (Å²) in [5.41, 5.74) is 6.65. The van der Waals surface area contributed by atoms with Gasteiger partial charge in [0, 0.05) is 11.6 Å². The van der Waals surface area contributed by atoms with E-state index in [-0.39, 0.29) is 17.2 Å². The number of phenols is 1. The van der Waals surface area contributed by atoms with Gasteiger partial charge in [0.25, 0.3) is 0 Å².